The van der Waals surface area contributed by atoms with E-state index >= 15 is 0 Å². The predicted octanol–water partition coefficient (Wildman–Crippen LogP) is 14.5. The summed E-state index contributed by atoms with van der Waals surface area (Å²) in [6.07, 6.45) is 13.6. The molecule has 0 spiro atoms. The largest absolute Gasteiger partial charge is 0.460 e. The Bertz CT molecular complexity index is 5580. The summed E-state index contributed by atoms with van der Waals surface area (Å²) in [6, 6.07) is 70.4. The van der Waals surface area contributed by atoms with E-state index in [-0.39, 0.29) is 117 Å². The maximum absolute atomic E-state index is 13.8. The second kappa shape index (κ2) is 47.2. The summed E-state index contributed by atoms with van der Waals surface area (Å²) < 4.78 is 47.8. The molecule has 24 nitrogen and oxygen atoms in total. The van der Waals surface area contributed by atoms with E-state index in [1.54, 1.807) is 42.5 Å². The predicted molar refractivity (Wildman–Crippen MR) is 522 cm³/mol. The number of hydrogen-bond acceptors (Lipinski definition) is 20. The molecule has 2 fully saturated rings. The van der Waals surface area contributed by atoms with Crippen molar-refractivity contribution in [1.29, 1.82) is 0 Å². The Balaban J connectivity index is 0.000000257. The standard InChI is InChI=1S/C56H67N5O9SSi.C46H53N3O7Si/c1-6-61(7-2)43-29-26-41-36-46(54(65)70-48(41)37-43)52(63)57-31-33-67-34-35-68-53(64)40(30-32-69-72(56(3,4)5,44-16-10-8-11-17-44)45-18-12-9-13-19-45)25-22-39-23-27-42(28-24-39)58-50(62)21-15-14-20-49-51-47(38-71-49)59-55(66)60-51;1-6-49(7-2)38-25-22-36-32-41(45(52)56-42(36)33-38)43(50)48-27-29-53-30-31-54-44(51)35(21-18-34-19-23-37(47)24-20-34)26-28-55-57(46(3,4)5,39-14-10-8-11-15-39)40-16-12-9-13-17-40/h8-13,16-19,22-30,36-37,47,49,51H,6-7,14-15,20-21,31-35,38H2,1-5H3,(H,57,63)(H,58,62)(H2,59,60,66);8-26,32-33H,6-7,27-31,47H2,1-5H3,(H,48,50)/b25-22+,40-30+;21-18+,35-26+/t47-,49-,51-;/m0./s1. The highest BCUT2D eigenvalue weighted by Gasteiger charge is 2.51. The highest BCUT2D eigenvalue weighted by Crippen LogP contribution is 2.39. The molecule has 5 amide bonds. The van der Waals surface area contributed by atoms with Crippen LogP contribution in [0.4, 0.5) is 27.5 Å². The van der Waals surface area contributed by atoms with E-state index in [1.807, 2.05) is 163 Å². The van der Waals surface area contributed by atoms with Crippen LogP contribution in [0.3, 0.4) is 0 Å². The maximum Gasteiger partial charge on any atom is 0.349 e. The van der Waals surface area contributed by atoms with E-state index in [0.29, 0.717) is 50.6 Å². The number of fused-ring (bicyclic) bond motifs is 3. The number of nitrogens with two attached hydrogens (primary N) is 1. The van der Waals surface area contributed by atoms with Gasteiger partial charge in [-0.15, -0.1) is 0 Å². The molecule has 4 heterocycles. The van der Waals surface area contributed by atoms with Crippen molar-refractivity contribution in [3.05, 3.63) is 297 Å². The van der Waals surface area contributed by atoms with Crippen molar-refractivity contribution < 1.29 is 65.4 Å². The van der Waals surface area contributed by atoms with Crippen molar-refractivity contribution in [1.82, 2.24) is 21.3 Å². The Kier molecular flexibility index (Phi) is 35.6. The zero-order valence-electron chi connectivity index (χ0n) is 75.3. The molecule has 129 heavy (non-hydrogen) atoms. The summed E-state index contributed by atoms with van der Waals surface area (Å²) >= 11 is 1.88. The van der Waals surface area contributed by atoms with Gasteiger partial charge in [-0.1, -0.05) is 206 Å². The summed E-state index contributed by atoms with van der Waals surface area (Å²) in [5.41, 5.74) is 10.6. The topological polar surface area (TPSA) is 311 Å². The van der Waals surface area contributed by atoms with E-state index in [0.717, 1.165) is 94.4 Å². The fraction of sp³-hybridized carbons (Fsp3) is 0.333. The molecule has 12 rings (SSSR count). The number of ether oxygens (including phenoxy) is 4. The summed E-state index contributed by atoms with van der Waals surface area (Å²) in [7, 11) is -5.78. The van der Waals surface area contributed by atoms with Crippen LogP contribution in [0.5, 0.6) is 0 Å². The van der Waals surface area contributed by atoms with Gasteiger partial charge in [0.25, 0.3) is 28.4 Å². The number of carbonyl (C=O) groups excluding carboxylic acids is 6. The van der Waals surface area contributed by atoms with Crippen molar-refractivity contribution in [3.8, 4) is 0 Å². The van der Waals surface area contributed by atoms with Gasteiger partial charge in [0.15, 0.2) is 0 Å². The minimum absolute atomic E-state index is 0.0147. The Morgan fingerprint density at radius 3 is 1.32 bits per heavy atom. The molecule has 2 aliphatic rings. The highest BCUT2D eigenvalue weighted by molar-refractivity contribution is 8.00. The minimum Gasteiger partial charge on any atom is -0.460 e. The average Bonchev–Trinajstić information content (AvgIpc) is 1.23. The third-order valence-electron chi connectivity index (χ3n) is 22.8. The molecule has 2 aliphatic heterocycles. The number of nitrogen functional groups attached to an aromatic ring is 1. The fourth-order valence-corrected chi connectivity index (χ4v) is 26.7. The van der Waals surface area contributed by atoms with Crippen LogP contribution in [0.1, 0.15) is 127 Å². The van der Waals surface area contributed by atoms with Gasteiger partial charge in [-0.05, 0) is 167 Å². The van der Waals surface area contributed by atoms with Gasteiger partial charge >= 0.3 is 29.2 Å². The first-order valence-corrected chi connectivity index (χ1v) is 49.0. The molecular weight excluding hydrogens is 1680 g/mol. The smallest absolute Gasteiger partial charge is 0.349 e. The summed E-state index contributed by atoms with van der Waals surface area (Å²) in [5.74, 6) is -1.38. The highest BCUT2D eigenvalue weighted by atomic mass is 32.2. The molecule has 0 saturated carbocycles. The lowest BCUT2D eigenvalue weighted by molar-refractivity contribution is -0.141. The van der Waals surface area contributed by atoms with Crippen LogP contribution in [0.15, 0.2) is 272 Å². The van der Waals surface area contributed by atoms with Crippen LogP contribution in [0.2, 0.25) is 10.1 Å². The van der Waals surface area contributed by atoms with Crippen LogP contribution in [-0.4, -0.2) is 168 Å². The van der Waals surface area contributed by atoms with E-state index in [9.17, 15) is 38.4 Å². The van der Waals surface area contributed by atoms with Crippen molar-refractivity contribution in [3.63, 3.8) is 0 Å². The zero-order valence-corrected chi connectivity index (χ0v) is 78.1. The number of nitrogens with one attached hydrogen (secondary N) is 5. The molecular formula is C102H120N8O16SSi2. The first-order valence-electron chi connectivity index (χ1n) is 44.2. The maximum atomic E-state index is 13.8. The van der Waals surface area contributed by atoms with Crippen molar-refractivity contribution in [2.45, 2.75) is 122 Å². The SMILES string of the molecule is CCN(CC)c1ccc2cc(C(=O)NCCOCCOC(=O)C(/C=C/c3ccc(N)cc3)=C/CO[Si](c3ccccc3)(c3ccccc3)C(C)(C)C)c(=O)oc2c1.CCN(CC)c1ccc2cc(C(=O)NCCOCCOC(=O)C(/C=C/c3ccc(NC(=O)CCCC[C@@H]4SC[C@@H]5NC(=O)N[C@@H]54)cc3)=C/CO[Si](c3ccccc3)(c3ccccc3)C(C)(C)C)c(=O)oc2c1. The van der Waals surface area contributed by atoms with Crippen LogP contribution in [0.25, 0.3) is 34.1 Å². The third-order valence-corrected chi connectivity index (χ3v) is 34.3. The van der Waals surface area contributed by atoms with Crippen LogP contribution in [-0.2, 0) is 42.2 Å². The molecule has 0 radical (unpaired) electrons. The lowest BCUT2D eigenvalue weighted by Gasteiger charge is -2.42. The summed E-state index contributed by atoms with van der Waals surface area (Å²) in [6.45, 7) is 25.6. The molecule has 0 aliphatic carbocycles. The third kappa shape index (κ3) is 26.1. The number of rotatable bonds is 42. The zero-order chi connectivity index (χ0) is 91.9. The van der Waals surface area contributed by atoms with E-state index in [2.05, 4.69) is 154 Å². The van der Waals surface area contributed by atoms with Gasteiger partial charge in [0, 0.05) is 102 Å². The van der Waals surface area contributed by atoms with E-state index in [4.69, 9.17) is 42.4 Å². The minimum atomic E-state index is -2.93. The average molecular weight is 1800 g/mol. The molecule has 2 aromatic heterocycles. The molecule has 0 unspecified atom stereocenters. The number of urea groups is 1. The lowest BCUT2D eigenvalue weighted by atomic mass is 10.0. The van der Waals surface area contributed by atoms with Gasteiger partial charge in [0.05, 0.1) is 62.9 Å². The quantitative estimate of drug-likeness (QED) is 0.00303. The van der Waals surface area contributed by atoms with Crippen LogP contribution < -0.4 is 74.1 Å². The molecule has 7 N–H and O–H groups in total. The van der Waals surface area contributed by atoms with E-state index < -0.39 is 51.6 Å². The van der Waals surface area contributed by atoms with Gasteiger partial charge in [0.2, 0.25) is 5.91 Å². The van der Waals surface area contributed by atoms with Gasteiger partial charge in [0.1, 0.15) is 35.5 Å². The van der Waals surface area contributed by atoms with Gasteiger partial charge in [-0.3, -0.25) is 14.4 Å². The summed E-state index contributed by atoms with van der Waals surface area (Å²) in [5, 5.41) is 20.0. The number of nitrogens with zero attached hydrogens (tertiary/aromatic N) is 2. The monoisotopic (exact) mass is 1800 g/mol. The molecule has 8 aromatic carbocycles. The number of esters is 2. The number of amides is 5. The molecule has 27 heteroatoms. The summed E-state index contributed by atoms with van der Waals surface area (Å²) in [4.78, 5) is 107. The first kappa shape index (κ1) is 97.4. The number of anilines is 4. The number of unbranched alkanes of at least 4 members (excludes halogenated alkanes) is 1. The lowest BCUT2D eigenvalue weighted by Crippen LogP contribution is -2.66. The Hall–Kier alpha value is -12.2. The molecule has 10 aromatic rings. The number of thioether (sulfide) groups is 1. The second-order valence-electron chi connectivity index (χ2n) is 33.3. The van der Waals surface area contributed by atoms with Crippen LogP contribution >= 0.6 is 11.8 Å². The molecule has 3 atom stereocenters. The Labute approximate surface area is 761 Å². The van der Waals surface area contributed by atoms with E-state index in [1.165, 1.54) is 12.1 Å². The normalized spacial score (nSPS) is 14.8. The first-order chi connectivity index (χ1) is 62.2. The van der Waals surface area contributed by atoms with Gasteiger partial charge < -0.3 is 78.8 Å². The number of hydrogen-bond donors (Lipinski definition) is 6. The number of benzene rings is 8. The fourth-order valence-electron chi connectivity index (χ4n) is 16.1. The Morgan fingerprint density at radius 1 is 0.504 bits per heavy atom. The second-order valence-corrected chi connectivity index (χ2v) is 43.2. The molecule has 678 valence electrons. The van der Waals surface area contributed by atoms with Crippen molar-refractivity contribution >= 4 is 142 Å². The van der Waals surface area contributed by atoms with Crippen molar-refractivity contribution in [2.75, 3.05) is 119 Å². The van der Waals surface area contributed by atoms with Gasteiger partial charge in [-0.2, -0.15) is 11.8 Å². The Morgan fingerprint density at radius 2 is 0.915 bits per heavy atom. The number of carbonyl (C=O) groups is 6. The van der Waals surface area contributed by atoms with Crippen LogP contribution in [0, 0.1) is 0 Å². The van der Waals surface area contributed by atoms with Crippen molar-refractivity contribution in [2.24, 2.45) is 0 Å². The molecule has 2 saturated heterocycles. The van der Waals surface area contributed by atoms with Gasteiger partial charge in [-0.25, -0.2) is 24.0 Å². The molecule has 0 bridgehead atoms.